The molecule has 1 aromatic carbocycles. The SMILES string of the molecule is Cc1nc2ccc(N(C)CC3CC(N)C3)cc2[nH]1. The van der Waals surface area contributed by atoms with Crippen molar-refractivity contribution in [3.8, 4) is 0 Å². The second-order valence-electron chi connectivity index (χ2n) is 5.50. The Bertz CT molecular complexity index is 554. The van der Waals surface area contributed by atoms with Crippen molar-refractivity contribution >= 4 is 16.7 Å². The number of nitrogens with one attached hydrogen (secondary N) is 1. The summed E-state index contributed by atoms with van der Waals surface area (Å²) in [5.74, 6) is 1.72. The van der Waals surface area contributed by atoms with Gasteiger partial charge >= 0.3 is 0 Å². The first-order chi connectivity index (χ1) is 8.61. The largest absolute Gasteiger partial charge is 0.374 e. The molecule has 1 heterocycles. The minimum absolute atomic E-state index is 0.432. The molecule has 1 aliphatic rings. The summed E-state index contributed by atoms with van der Waals surface area (Å²) in [7, 11) is 2.15. The van der Waals surface area contributed by atoms with E-state index in [2.05, 4.69) is 40.1 Å². The maximum Gasteiger partial charge on any atom is 0.104 e. The molecule has 0 amide bonds. The number of benzene rings is 1. The average molecular weight is 244 g/mol. The van der Waals surface area contributed by atoms with Crippen molar-refractivity contribution in [2.75, 3.05) is 18.5 Å². The van der Waals surface area contributed by atoms with Gasteiger partial charge in [-0.2, -0.15) is 0 Å². The zero-order valence-electron chi connectivity index (χ0n) is 11.0. The summed E-state index contributed by atoms with van der Waals surface area (Å²) in [6, 6.07) is 6.83. The number of aromatic nitrogens is 2. The van der Waals surface area contributed by atoms with Crippen LogP contribution >= 0.6 is 0 Å². The first-order valence-electron chi connectivity index (χ1n) is 6.55. The Morgan fingerprint density at radius 3 is 2.94 bits per heavy atom. The van der Waals surface area contributed by atoms with Gasteiger partial charge in [0.05, 0.1) is 11.0 Å². The fourth-order valence-electron chi connectivity index (χ4n) is 2.79. The van der Waals surface area contributed by atoms with Gasteiger partial charge in [-0.1, -0.05) is 0 Å². The van der Waals surface area contributed by atoms with E-state index in [4.69, 9.17) is 5.73 Å². The Morgan fingerprint density at radius 2 is 2.22 bits per heavy atom. The molecule has 1 aliphatic carbocycles. The zero-order chi connectivity index (χ0) is 12.7. The number of anilines is 1. The standard InChI is InChI=1S/C14H20N4/c1-9-16-13-4-3-12(7-14(13)17-9)18(2)8-10-5-11(15)6-10/h3-4,7,10-11H,5-6,8,15H2,1-2H3,(H,16,17). The number of hydrogen-bond acceptors (Lipinski definition) is 3. The first kappa shape index (κ1) is 11.5. The lowest BCUT2D eigenvalue weighted by molar-refractivity contribution is 0.271. The van der Waals surface area contributed by atoms with Crippen LogP contribution in [0.3, 0.4) is 0 Å². The number of aryl methyl sites for hydroxylation is 1. The highest BCUT2D eigenvalue weighted by Crippen LogP contribution is 2.28. The number of hydrogen-bond donors (Lipinski definition) is 2. The molecular formula is C14H20N4. The van der Waals surface area contributed by atoms with Gasteiger partial charge in [0.15, 0.2) is 0 Å². The first-order valence-corrected chi connectivity index (χ1v) is 6.55. The summed E-state index contributed by atoms with van der Waals surface area (Å²) in [4.78, 5) is 10.0. The van der Waals surface area contributed by atoms with E-state index in [1.165, 1.54) is 5.69 Å². The summed E-state index contributed by atoms with van der Waals surface area (Å²) >= 11 is 0. The molecule has 1 aromatic heterocycles. The van der Waals surface area contributed by atoms with Gasteiger partial charge in [-0.25, -0.2) is 4.98 Å². The van der Waals surface area contributed by atoms with Crippen molar-refractivity contribution in [1.29, 1.82) is 0 Å². The minimum Gasteiger partial charge on any atom is -0.374 e. The highest BCUT2D eigenvalue weighted by Gasteiger charge is 2.26. The molecule has 3 rings (SSSR count). The maximum atomic E-state index is 5.83. The summed E-state index contributed by atoms with van der Waals surface area (Å²) in [6.45, 7) is 3.07. The molecule has 0 radical (unpaired) electrons. The van der Waals surface area contributed by atoms with Crippen LogP contribution in [0.5, 0.6) is 0 Å². The van der Waals surface area contributed by atoms with Crippen LogP contribution in [-0.2, 0) is 0 Å². The molecule has 4 nitrogen and oxygen atoms in total. The van der Waals surface area contributed by atoms with Crippen LogP contribution in [0.15, 0.2) is 18.2 Å². The van der Waals surface area contributed by atoms with Crippen LogP contribution in [0, 0.1) is 12.8 Å². The molecule has 0 unspecified atom stereocenters. The van der Waals surface area contributed by atoms with E-state index in [0.717, 1.165) is 42.2 Å². The van der Waals surface area contributed by atoms with Crippen LogP contribution in [0.2, 0.25) is 0 Å². The lowest BCUT2D eigenvalue weighted by atomic mass is 9.80. The second-order valence-corrected chi connectivity index (χ2v) is 5.50. The van der Waals surface area contributed by atoms with Crippen molar-refractivity contribution in [2.45, 2.75) is 25.8 Å². The Labute approximate surface area is 107 Å². The number of fused-ring (bicyclic) bond motifs is 1. The van der Waals surface area contributed by atoms with Crippen molar-refractivity contribution in [3.05, 3.63) is 24.0 Å². The molecule has 2 aromatic rings. The van der Waals surface area contributed by atoms with E-state index in [0.29, 0.717) is 6.04 Å². The van der Waals surface area contributed by atoms with E-state index < -0.39 is 0 Å². The Morgan fingerprint density at radius 1 is 1.44 bits per heavy atom. The molecular weight excluding hydrogens is 224 g/mol. The molecule has 0 atom stereocenters. The highest BCUT2D eigenvalue weighted by molar-refractivity contribution is 5.79. The quantitative estimate of drug-likeness (QED) is 0.868. The lowest BCUT2D eigenvalue weighted by Crippen LogP contribution is -2.41. The topological polar surface area (TPSA) is 57.9 Å². The Balaban J connectivity index is 1.76. The van der Waals surface area contributed by atoms with Crippen LogP contribution in [0.1, 0.15) is 18.7 Å². The van der Waals surface area contributed by atoms with Crippen molar-refractivity contribution in [1.82, 2.24) is 9.97 Å². The minimum atomic E-state index is 0.432. The van der Waals surface area contributed by atoms with Gasteiger partial charge < -0.3 is 15.6 Å². The van der Waals surface area contributed by atoms with Crippen LogP contribution in [0.25, 0.3) is 11.0 Å². The molecule has 96 valence electrons. The average Bonchev–Trinajstić information content (AvgIpc) is 2.65. The van der Waals surface area contributed by atoms with Crippen molar-refractivity contribution in [3.63, 3.8) is 0 Å². The molecule has 1 fully saturated rings. The molecule has 0 aliphatic heterocycles. The third kappa shape index (κ3) is 2.08. The number of nitrogens with zero attached hydrogens (tertiary/aromatic N) is 2. The van der Waals surface area contributed by atoms with Gasteiger partial charge in [-0.15, -0.1) is 0 Å². The number of H-pyrrole nitrogens is 1. The third-order valence-electron chi connectivity index (χ3n) is 3.83. The van der Waals surface area contributed by atoms with Gasteiger partial charge in [0.25, 0.3) is 0 Å². The number of nitrogens with two attached hydrogens (primary N) is 1. The van der Waals surface area contributed by atoms with Crippen molar-refractivity contribution < 1.29 is 0 Å². The molecule has 3 N–H and O–H groups in total. The Kier molecular flexibility index (Phi) is 2.74. The maximum absolute atomic E-state index is 5.83. The molecule has 4 heteroatoms. The van der Waals surface area contributed by atoms with E-state index >= 15 is 0 Å². The van der Waals surface area contributed by atoms with Gasteiger partial charge in [0.1, 0.15) is 5.82 Å². The van der Waals surface area contributed by atoms with Crippen LogP contribution in [-0.4, -0.2) is 29.6 Å². The number of rotatable bonds is 3. The predicted octanol–water partition coefficient (Wildman–Crippen LogP) is 2.04. The molecule has 18 heavy (non-hydrogen) atoms. The lowest BCUT2D eigenvalue weighted by Gasteiger charge is -2.36. The van der Waals surface area contributed by atoms with Crippen molar-refractivity contribution in [2.24, 2.45) is 11.7 Å². The predicted molar refractivity (Wildman–Crippen MR) is 74.8 cm³/mol. The van der Waals surface area contributed by atoms with E-state index in [1.807, 2.05) is 6.92 Å². The smallest absolute Gasteiger partial charge is 0.104 e. The summed E-state index contributed by atoms with van der Waals surface area (Å²) in [6.07, 6.45) is 2.32. The summed E-state index contributed by atoms with van der Waals surface area (Å²) < 4.78 is 0. The fourth-order valence-corrected chi connectivity index (χ4v) is 2.79. The fraction of sp³-hybridized carbons (Fsp3) is 0.500. The Hall–Kier alpha value is -1.55. The molecule has 0 saturated heterocycles. The number of imidazole rings is 1. The van der Waals surface area contributed by atoms with Gasteiger partial charge in [-0.3, -0.25) is 0 Å². The highest BCUT2D eigenvalue weighted by atomic mass is 15.1. The third-order valence-corrected chi connectivity index (χ3v) is 3.83. The molecule has 0 bridgehead atoms. The monoisotopic (exact) mass is 244 g/mol. The van der Waals surface area contributed by atoms with E-state index in [9.17, 15) is 0 Å². The summed E-state index contributed by atoms with van der Waals surface area (Å²) in [5, 5.41) is 0. The van der Waals surface area contributed by atoms with Crippen LogP contribution in [0.4, 0.5) is 5.69 Å². The summed E-state index contributed by atoms with van der Waals surface area (Å²) in [5.41, 5.74) is 9.22. The number of aromatic amines is 1. The zero-order valence-corrected chi connectivity index (χ0v) is 11.0. The van der Waals surface area contributed by atoms with Gasteiger partial charge in [-0.05, 0) is 43.9 Å². The van der Waals surface area contributed by atoms with Gasteiger partial charge in [0.2, 0.25) is 0 Å². The van der Waals surface area contributed by atoms with Crippen LogP contribution < -0.4 is 10.6 Å². The normalized spacial score (nSPS) is 23.1. The van der Waals surface area contributed by atoms with E-state index in [1.54, 1.807) is 0 Å². The molecule has 1 saturated carbocycles. The molecule has 0 spiro atoms. The second kappa shape index (κ2) is 4.28. The van der Waals surface area contributed by atoms with Gasteiger partial charge in [0, 0.05) is 25.3 Å². The van der Waals surface area contributed by atoms with E-state index in [-0.39, 0.29) is 0 Å².